The van der Waals surface area contributed by atoms with Crippen LogP contribution in [0.4, 0.5) is 0 Å². The van der Waals surface area contributed by atoms with Gasteiger partial charge in [-0.25, -0.2) is 0 Å². The molecule has 0 radical (unpaired) electrons. The molecule has 0 spiro atoms. The molecule has 6 heteroatoms. The molecule has 0 saturated carbocycles. The van der Waals surface area contributed by atoms with Crippen LogP contribution in [0.15, 0.2) is 24.3 Å². The molecule has 0 aromatic heterocycles. The van der Waals surface area contributed by atoms with Gasteiger partial charge in [-0.05, 0) is 36.6 Å². The Morgan fingerprint density at radius 1 is 1.29 bits per heavy atom. The first-order valence-corrected chi connectivity index (χ1v) is 8.66. The van der Waals surface area contributed by atoms with Gasteiger partial charge in [0, 0.05) is 29.2 Å². The van der Waals surface area contributed by atoms with Crippen molar-refractivity contribution in [2.75, 3.05) is 19.7 Å². The van der Waals surface area contributed by atoms with E-state index in [-0.39, 0.29) is 18.3 Å². The van der Waals surface area contributed by atoms with Gasteiger partial charge < -0.3 is 9.64 Å². The van der Waals surface area contributed by atoms with Gasteiger partial charge in [0.15, 0.2) is 0 Å². The van der Waals surface area contributed by atoms with E-state index in [1.165, 1.54) is 6.08 Å². The minimum Gasteiger partial charge on any atom is -0.466 e. The highest BCUT2D eigenvalue weighted by molar-refractivity contribution is 6.35. The average molecular weight is 372 g/mol. The summed E-state index contributed by atoms with van der Waals surface area (Å²) in [4.78, 5) is 25.6. The van der Waals surface area contributed by atoms with E-state index in [4.69, 9.17) is 27.9 Å². The number of benzene rings is 1. The molecule has 132 valence electrons. The number of carbonyl (C=O) groups excluding carboxylic acids is 2. The fourth-order valence-electron chi connectivity index (χ4n) is 2.09. The molecule has 0 aliphatic heterocycles. The van der Waals surface area contributed by atoms with Crippen molar-refractivity contribution in [3.8, 4) is 0 Å². The first kappa shape index (κ1) is 20.5. The predicted octanol–water partition coefficient (Wildman–Crippen LogP) is 4.44. The second-order valence-electron chi connectivity index (χ2n) is 5.73. The normalized spacial score (nSPS) is 11.1. The zero-order valence-electron chi connectivity index (χ0n) is 14.2. The fourth-order valence-corrected chi connectivity index (χ4v) is 2.57. The molecule has 0 fully saturated rings. The minimum absolute atomic E-state index is 0.168. The van der Waals surface area contributed by atoms with Crippen LogP contribution >= 0.6 is 23.2 Å². The summed E-state index contributed by atoms with van der Waals surface area (Å²) in [5, 5.41) is 1.02. The lowest BCUT2D eigenvalue weighted by atomic mass is 10.1. The van der Waals surface area contributed by atoms with E-state index in [0.29, 0.717) is 41.2 Å². The summed E-state index contributed by atoms with van der Waals surface area (Å²) in [7, 11) is 0. The standard InChI is InChI=1S/C18H23Cl2NO3/c1-4-24-18(23)9-10-21(12-13(2)3)17(22)8-6-14-5-7-15(19)11-16(14)20/h5-8,11,13H,4,9-10,12H2,1-3H3/b8-6+. The van der Waals surface area contributed by atoms with Gasteiger partial charge in [-0.15, -0.1) is 0 Å². The minimum atomic E-state index is -0.302. The number of hydrogen-bond acceptors (Lipinski definition) is 3. The maximum atomic E-state index is 12.4. The monoisotopic (exact) mass is 371 g/mol. The summed E-state index contributed by atoms with van der Waals surface area (Å²) in [6.45, 7) is 7.03. The summed E-state index contributed by atoms with van der Waals surface area (Å²) in [5.74, 6) is -0.175. The summed E-state index contributed by atoms with van der Waals surface area (Å²) in [5.41, 5.74) is 0.712. The molecule has 0 N–H and O–H groups in total. The highest BCUT2D eigenvalue weighted by atomic mass is 35.5. The first-order valence-electron chi connectivity index (χ1n) is 7.91. The van der Waals surface area contributed by atoms with Crippen LogP contribution < -0.4 is 0 Å². The van der Waals surface area contributed by atoms with Crippen molar-refractivity contribution < 1.29 is 14.3 Å². The quantitative estimate of drug-likeness (QED) is 0.501. The molecule has 0 aliphatic carbocycles. The van der Waals surface area contributed by atoms with Crippen LogP contribution in [-0.4, -0.2) is 36.5 Å². The van der Waals surface area contributed by atoms with E-state index < -0.39 is 0 Å². The molecule has 0 saturated heterocycles. The predicted molar refractivity (Wildman–Crippen MR) is 98.2 cm³/mol. The Bertz CT molecular complexity index is 600. The van der Waals surface area contributed by atoms with E-state index in [1.54, 1.807) is 36.1 Å². The summed E-state index contributed by atoms with van der Waals surface area (Å²) < 4.78 is 4.91. The molecule has 1 amide bonds. The number of nitrogens with zero attached hydrogens (tertiary/aromatic N) is 1. The molecule has 0 aliphatic rings. The Hall–Kier alpha value is -1.52. The van der Waals surface area contributed by atoms with Gasteiger partial charge in [-0.3, -0.25) is 9.59 Å². The zero-order chi connectivity index (χ0) is 18.1. The number of hydrogen-bond donors (Lipinski definition) is 0. The van der Waals surface area contributed by atoms with Crippen molar-refractivity contribution in [1.82, 2.24) is 4.90 Å². The Morgan fingerprint density at radius 2 is 2.00 bits per heavy atom. The molecular formula is C18H23Cl2NO3. The van der Waals surface area contributed by atoms with Crippen LogP contribution in [0, 0.1) is 5.92 Å². The van der Waals surface area contributed by atoms with E-state index in [9.17, 15) is 9.59 Å². The summed E-state index contributed by atoms with van der Waals surface area (Å²) in [6.07, 6.45) is 3.29. The number of ether oxygens (including phenoxy) is 1. The van der Waals surface area contributed by atoms with E-state index in [1.807, 2.05) is 13.8 Å². The maximum Gasteiger partial charge on any atom is 0.307 e. The molecule has 0 unspecified atom stereocenters. The molecule has 0 heterocycles. The van der Waals surface area contributed by atoms with Crippen LogP contribution in [-0.2, 0) is 14.3 Å². The van der Waals surface area contributed by atoms with Gasteiger partial charge >= 0.3 is 5.97 Å². The largest absolute Gasteiger partial charge is 0.466 e. The maximum absolute atomic E-state index is 12.4. The van der Waals surface area contributed by atoms with E-state index in [2.05, 4.69) is 0 Å². The molecule has 0 atom stereocenters. The highest BCUT2D eigenvalue weighted by Gasteiger charge is 2.14. The number of amides is 1. The van der Waals surface area contributed by atoms with E-state index in [0.717, 1.165) is 0 Å². The Kier molecular flexibility index (Phi) is 8.87. The SMILES string of the molecule is CCOC(=O)CCN(CC(C)C)C(=O)/C=C/c1ccc(Cl)cc1Cl. The molecule has 4 nitrogen and oxygen atoms in total. The van der Waals surface area contributed by atoms with E-state index >= 15 is 0 Å². The molecule has 1 rings (SSSR count). The topological polar surface area (TPSA) is 46.6 Å². The molecule has 1 aromatic carbocycles. The first-order chi connectivity index (χ1) is 11.3. The number of halogens is 2. The van der Waals surface area contributed by atoms with Crippen molar-refractivity contribution in [1.29, 1.82) is 0 Å². The third kappa shape index (κ3) is 7.37. The zero-order valence-corrected chi connectivity index (χ0v) is 15.7. The third-order valence-corrected chi connectivity index (χ3v) is 3.72. The van der Waals surface area contributed by atoms with Crippen molar-refractivity contribution in [2.24, 2.45) is 5.92 Å². The van der Waals surface area contributed by atoms with Crippen molar-refractivity contribution in [3.05, 3.63) is 39.9 Å². The Morgan fingerprint density at radius 3 is 2.58 bits per heavy atom. The average Bonchev–Trinajstić information content (AvgIpc) is 2.50. The van der Waals surface area contributed by atoms with Crippen LogP contribution in [0.25, 0.3) is 6.08 Å². The highest BCUT2D eigenvalue weighted by Crippen LogP contribution is 2.22. The fraction of sp³-hybridized carbons (Fsp3) is 0.444. The van der Waals surface area contributed by atoms with Crippen molar-refractivity contribution >= 4 is 41.2 Å². The van der Waals surface area contributed by atoms with Crippen LogP contribution in [0.1, 0.15) is 32.8 Å². The van der Waals surface area contributed by atoms with Gasteiger partial charge in [-0.1, -0.05) is 43.1 Å². The van der Waals surface area contributed by atoms with Crippen LogP contribution in [0.2, 0.25) is 10.0 Å². The van der Waals surface area contributed by atoms with Gasteiger partial charge in [-0.2, -0.15) is 0 Å². The van der Waals surface area contributed by atoms with Crippen molar-refractivity contribution in [2.45, 2.75) is 27.2 Å². The lowest BCUT2D eigenvalue weighted by molar-refractivity contribution is -0.143. The Labute approximate surface area is 153 Å². The van der Waals surface area contributed by atoms with Gasteiger partial charge in [0.25, 0.3) is 0 Å². The van der Waals surface area contributed by atoms with Crippen molar-refractivity contribution in [3.63, 3.8) is 0 Å². The molecule has 24 heavy (non-hydrogen) atoms. The second-order valence-corrected chi connectivity index (χ2v) is 6.58. The van der Waals surface area contributed by atoms with Gasteiger partial charge in [0.05, 0.1) is 13.0 Å². The second kappa shape index (κ2) is 10.4. The van der Waals surface area contributed by atoms with Gasteiger partial charge in [0.1, 0.15) is 0 Å². The third-order valence-electron chi connectivity index (χ3n) is 3.16. The number of rotatable bonds is 8. The molecular weight excluding hydrogens is 349 g/mol. The van der Waals surface area contributed by atoms with Gasteiger partial charge in [0.2, 0.25) is 5.91 Å². The Balaban J connectivity index is 2.75. The molecule has 1 aromatic rings. The summed E-state index contributed by atoms with van der Waals surface area (Å²) >= 11 is 11.9. The lowest BCUT2D eigenvalue weighted by Crippen LogP contribution is -2.35. The van der Waals surface area contributed by atoms with Crippen LogP contribution in [0.5, 0.6) is 0 Å². The number of esters is 1. The number of carbonyl (C=O) groups is 2. The van der Waals surface area contributed by atoms with Crippen LogP contribution in [0.3, 0.4) is 0 Å². The smallest absolute Gasteiger partial charge is 0.307 e. The lowest BCUT2D eigenvalue weighted by Gasteiger charge is -2.23. The molecule has 0 bridgehead atoms. The summed E-state index contributed by atoms with van der Waals surface area (Å²) in [6, 6.07) is 5.09.